The zero-order valence-electron chi connectivity index (χ0n) is 24.4. The lowest BCUT2D eigenvalue weighted by atomic mass is 9.83. The third-order valence-electron chi connectivity index (χ3n) is 8.86. The van der Waals surface area contributed by atoms with Crippen LogP contribution in [-0.2, 0) is 0 Å². The first-order valence-corrected chi connectivity index (χ1v) is 15.6. The zero-order valence-corrected chi connectivity index (χ0v) is 25.1. The molecule has 8 rings (SSSR count). The average Bonchev–Trinajstić information content (AvgIpc) is 3.41. The number of fused-ring (bicyclic) bond motifs is 4. The van der Waals surface area contributed by atoms with Gasteiger partial charge in [-0.15, -0.1) is 0 Å². The quantitative estimate of drug-likeness (QED) is 0.192. The summed E-state index contributed by atoms with van der Waals surface area (Å²) in [7, 11) is 0. The second kappa shape index (κ2) is 10.9. The van der Waals surface area contributed by atoms with Gasteiger partial charge in [-0.05, 0) is 58.7 Å². The SMILES string of the molecule is CCC1C(c2ccc(-n3c4cc5ccccc5cc4c4cccc(Cl)c43)cc2)=NC(c2ccccc2)=NC1c1ccccc1. The standard InChI is InChI=1S/C40H30ClN3/c1-2-32-37(26-12-5-3-6-13-26)42-40(28-14-7-4-8-15-28)43-38(32)27-20-22-31(23-21-27)44-36-25-30-17-10-9-16-29(30)24-34(36)33-18-11-19-35(41)39(33)44/h3-25,32,37H,2H2,1H3. The number of halogens is 1. The minimum atomic E-state index is -0.00648. The molecule has 212 valence electrons. The summed E-state index contributed by atoms with van der Waals surface area (Å²) in [5, 5.41) is 5.52. The summed E-state index contributed by atoms with van der Waals surface area (Å²) in [5.41, 5.74) is 7.67. The molecule has 2 heterocycles. The first kappa shape index (κ1) is 26.6. The number of rotatable bonds is 5. The van der Waals surface area contributed by atoms with Gasteiger partial charge in [-0.2, -0.15) is 0 Å². The summed E-state index contributed by atoms with van der Waals surface area (Å²) >= 11 is 6.90. The molecule has 0 saturated heterocycles. The van der Waals surface area contributed by atoms with Crippen LogP contribution in [-0.4, -0.2) is 16.1 Å². The first-order chi connectivity index (χ1) is 21.7. The predicted octanol–water partition coefficient (Wildman–Crippen LogP) is 10.6. The molecule has 2 unspecified atom stereocenters. The Morgan fingerprint density at radius 3 is 2.07 bits per heavy atom. The van der Waals surface area contributed by atoms with E-state index in [1.54, 1.807) is 0 Å². The van der Waals surface area contributed by atoms with E-state index >= 15 is 0 Å². The van der Waals surface area contributed by atoms with Gasteiger partial charge in [-0.1, -0.05) is 128 Å². The highest BCUT2D eigenvalue weighted by atomic mass is 35.5. The lowest BCUT2D eigenvalue weighted by Gasteiger charge is -2.30. The zero-order chi connectivity index (χ0) is 29.6. The highest BCUT2D eigenvalue weighted by molar-refractivity contribution is 6.36. The molecule has 2 atom stereocenters. The number of hydrogen-bond donors (Lipinski definition) is 0. The van der Waals surface area contributed by atoms with Gasteiger partial charge < -0.3 is 4.57 Å². The Balaban J connectivity index is 1.28. The second-order valence-electron chi connectivity index (χ2n) is 11.4. The maximum atomic E-state index is 6.90. The van der Waals surface area contributed by atoms with Gasteiger partial charge in [0.05, 0.1) is 27.8 Å². The van der Waals surface area contributed by atoms with Gasteiger partial charge in [0.1, 0.15) is 0 Å². The van der Waals surface area contributed by atoms with E-state index in [1.807, 2.05) is 30.3 Å². The average molecular weight is 588 g/mol. The molecule has 0 spiro atoms. The van der Waals surface area contributed by atoms with Crippen LogP contribution < -0.4 is 0 Å². The molecule has 0 aliphatic carbocycles. The molecule has 0 saturated carbocycles. The summed E-state index contributed by atoms with van der Waals surface area (Å²) in [4.78, 5) is 10.5. The Morgan fingerprint density at radius 2 is 1.34 bits per heavy atom. The molecule has 0 radical (unpaired) electrons. The van der Waals surface area contributed by atoms with Crippen LogP contribution in [0.5, 0.6) is 0 Å². The first-order valence-electron chi connectivity index (χ1n) is 15.2. The lowest BCUT2D eigenvalue weighted by molar-refractivity contribution is 0.532. The Bertz CT molecular complexity index is 2210. The summed E-state index contributed by atoms with van der Waals surface area (Å²) in [5.74, 6) is 0.939. The molecule has 1 aliphatic heterocycles. The maximum Gasteiger partial charge on any atom is 0.155 e. The van der Waals surface area contributed by atoms with Crippen molar-refractivity contribution in [3.05, 3.63) is 161 Å². The van der Waals surface area contributed by atoms with Crippen LogP contribution in [0.4, 0.5) is 0 Å². The van der Waals surface area contributed by atoms with Crippen molar-refractivity contribution in [3.8, 4) is 5.69 Å². The van der Waals surface area contributed by atoms with Crippen molar-refractivity contribution in [2.75, 3.05) is 0 Å². The van der Waals surface area contributed by atoms with E-state index in [4.69, 9.17) is 21.6 Å². The highest BCUT2D eigenvalue weighted by Gasteiger charge is 2.31. The summed E-state index contributed by atoms with van der Waals surface area (Å²) in [6.45, 7) is 2.23. The lowest BCUT2D eigenvalue weighted by Crippen LogP contribution is -2.28. The normalized spacial score (nSPS) is 16.8. The molecule has 7 aromatic rings. The molecule has 0 N–H and O–H groups in total. The molecule has 1 aliphatic rings. The van der Waals surface area contributed by atoms with E-state index in [1.165, 1.54) is 21.7 Å². The van der Waals surface area contributed by atoms with Crippen molar-refractivity contribution in [2.24, 2.45) is 15.9 Å². The molecule has 0 fully saturated rings. The minimum absolute atomic E-state index is 0.00648. The van der Waals surface area contributed by atoms with Crippen molar-refractivity contribution in [1.29, 1.82) is 0 Å². The number of aromatic nitrogens is 1. The van der Waals surface area contributed by atoms with Crippen molar-refractivity contribution < 1.29 is 0 Å². The van der Waals surface area contributed by atoms with Crippen LogP contribution in [0.1, 0.15) is 36.1 Å². The summed E-state index contributed by atoms with van der Waals surface area (Å²) < 4.78 is 2.30. The van der Waals surface area contributed by atoms with Gasteiger partial charge >= 0.3 is 0 Å². The topological polar surface area (TPSA) is 29.6 Å². The van der Waals surface area contributed by atoms with E-state index in [0.717, 1.165) is 56.2 Å². The fourth-order valence-corrected chi connectivity index (χ4v) is 6.99. The molecule has 0 amide bonds. The van der Waals surface area contributed by atoms with Crippen LogP contribution in [0, 0.1) is 5.92 Å². The van der Waals surface area contributed by atoms with E-state index < -0.39 is 0 Å². The van der Waals surface area contributed by atoms with Crippen molar-refractivity contribution in [1.82, 2.24) is 4.57 Å². The molecule has 6 aromatic carbocycles. The molecule has 4 heteroatoms. The number of aliphatic imine (C=N–C) groups is 2. The fourth-order valence-electron chi connectivity index (χ4n) is 6.73. The maximum absolute atomic E-state index is 6.90. The van der Waals surface area contributed by atoms with Crippen LogP contribution in [0.25, 0.3) is 38.3 Å². The fraction of sp³-hybridized carbons (Fsp3) is 0.100. The highest BCUT2D eigenvalue weighted by Crippen LogP contribution is 2.39. The van der Waals surface area contributed by atoms with E-state index in [9.17, 15) is 0 Å². The number of amidine groups is 1. The third kappa shape index (κ3) is 4.44. The van der Waals surface area contributed by atoms with Gasteiger partial charge in [-0.3, -0.25) is 4.99 Å². The Labute approximate surface area is 261 Å². The van der Waals surface area contributed by atoms with Gasteiger partial charge in [0.2, 0.25) is 0 Å². The van der Waals surface area contributed by atoms with E-state index in [0.29, 0.717) is 0 Å². The monoisotopic (exact) mass is 587 g/mol. The van der Waals surface area contributed by atoms with Crippen LogP contribution in [0.15, 0.2) is 150 Å². The Hall–Kier alpha value is -4.99. The van der Waals surface area contributed by atoms with Gasteiger partial charge in [0.25, 0.3) is 0 Å². The molecular formula is C40H30ClN3. The molecule has 44 heavy (non-hydrogen) atoms. The number of para-hydroxylation sites is 1. The van der Waals surface area contributed by atoms with Crippen LogP contribution >= 0.6 is 11.6 Å². The second-order valence-corrected chi connectivity index (χ2v) is 11.8. The Kier molecular flexibility index (Phi) is 6.61. The molecule has 0 bridgehead atoms. The van der Waals surface area contributed by atoms with Gasteiger partial charge in [-0.25, -0.2) is 4.99 Å². The smallest absolute Gasteiger partial charge is 0.155 e. The number of nitrogens with zero attached hydrogens (tertiary/aromatic N) is 3. The van der Waals surface area contributed by atoms with E-state index in [2.05, 4.69) is 121 Å². The third-order valence-corrected chi connectivity index (χ3v) is 9.16. The number of hydrogen-bond acceptors (Lipinski definition) is 2. The minimum Gasteiger partial charge on any atom is -0.308 e. The van der Waals surface area contributed by atoms with Gasteiger partial charge in [0, 0.05) is 27.9 Å². The van der Waals surface area contributed by atoms with Gasteiger partial charge in [0.15, 0.2) is 5.84 Å². The van der Waals surface area contributed by atoms with E-state index in [-0.39, 0.29) is 12.0 Å². The largest absolute Gasteiger partial charge is 0.308 e. The van der Waals surface area contributed by atoms with Crippen molar-refractivity contribution >= 4 is 55.7 Å². The summed E-state index contributed by atoms with van der Waals surface area (Å²) in [6, 6.07) is 49.0. The summed E-state index contributed by atoms with van der Waals surface area (Å²) in [6.07, 6.45) is 0.932. The van der Waals surface area contributed by atoms with Crippen molar-refractivity contribution in [2.45, 2.75) is 19.4 Å². The predicted molar refractivity (Wildman–Crippen MR) is 186 cm³/mol. The molecular weight excluding hydrogens is 558 g/mol. The molecule has 3 nitrogen and oxygen atoms in total. The molecule has 1 aromatic heterocycles. The van der Waals surface area contributed by atoms with Crippen LogP contribution in [0.2, 0.25) is 5.02 Å². The Morgan fingerprint density at radius 1 is 0.659 bits per heavy atom. The van der Waals surface area contributed by atoms with Crippen molar-refractivity contribution in [3.63, 3.8) is 0 Å². The number of benzene rings is 6. The van der Waals surface area contributed by atoms with Crippen LogP contribution in [0.3, 0.4) is 0 Å².